The Morgan fingerprint density at radius 2 is 1.91 bits per heavy atom. The molecule has 2 amide bonds. The molecule has 2 aliphatic rings. The first-order valence-corrected chi connectivity index (χ1v) is 14.6. The van der Waals surface area contributed by atoms with Gasteiger partial charge in [-0.15, -0.1) is 0 Å². The fourth-order valence-electron chi connectivity index (χ4n) is 6.36. The minimum absolute atomic E-state index is 0.0639. The Hall–Kier alpha value is -4.57. The maximum Gasteiger partial charge on any atom is 0.248 e. The molecule has 4 aromatic rings. The Morgan fingerprint density at radius 3 is 2.60 bits per heavy atom. The van der Waals surface area contributed by atoms with Crippen molar-refractivity contribution in [3.05, 3.63) is 58.5 Å². The zero-order valence-corrected chi connectivity index (χ0v) is 25.6. The number of carbonyl (C=O) groups excluding carboxylic acids is 3. The number of hydrogen-bond donors (Lipinski definition) is 1. The Morgan fingerprint density at radius 1 is 1.16 bits per heavy atom. The van der Waals surface area contributed by atoms with Crippen molar-refractivity contribution in [1.82, 2.24) is 34.6 Å². The lowest BCUT2D eigenvalue weighted by Gasteiger charge is -2.28. The summed E-state index contributed by atoms with van der Waals surface area (Å²) in [5.41, 5.74) is 2.31. The Kier molecular flexibility index (Phi) is 7.04. The summed E-state index contributed by atoms with van der Waals surface area (Å²) in [5.74, 6) is 0.145. The number of likely N-dealkylation sites (tertiary alicyclic amines) is 1. The number of halogens is 1. The highest BCUT2D eigenvalue weighted by Crippen LogP contribution is 2.66. The van der Waals surface area contributed by atoms with Crippen LogP contribution in [0.4, 0.5) is 5.82 Å². The van der Waals surface area contributed by atoms with Gasteiger partial charge in [-0.1, -0.05) is 13.0 Å². The first kappa shape index (κ1) is 28.5. The number of fused-ring (bicyclic) bond motifs is 2. The Bertz CT molecular complexity index is 1850. The number of amides is 2. The maximum atomic E-state index is 14.0. The first-order valence-electron chi connectivity index (χ1n) is 13.8. The Labute approximate surface area is 255 Å². The number of nitriles is 1. The van der Waals surface area contributed by atoms with Crippen LogP contribution < -0.4 is 5.32 Å². The van der Waals surface area contributed by atoms with Gasteiger partial charge in [-0.25, -0.2) is 15.0 Å². The van der Waals surface area contributed by atoms with E-state index in [0.29, 0.717) is 44.8 Å². The van der Waals surface area contributed by atoms with Gasteiger partial charge in [0.2, 0.25) is 11.8 Å². The van der Waals surface area contributed by atoms with Gasteiger partial charge in [-0.05, 0) is 59.8 Å². The summed E-state index contributed by atoms with van der Waals surface area (Å²) in [6, 6.07) is 6.57. The van der Waals surface area contributed by atoms with E-state index < -0.39 is 11.5 Å². The number of rotatable bonds is 7. The van der Waals surface area contributed by atoms with Crippen LogP contribution in [-0.2, 0) is 16.1 Å². The number of aromatic nitrogens is 6. The van der Waals surface area contributed by atoms with Crippen molar-refractivity contribution in [1.29, 1.82) is 5.26 Å². The molecular formula is C30H28BrN9O3. The predicted octanol–water partition coefficient (Wildman–Crippen LogP) is 4.02. The van der Waals surface area contributed by atoms with Crippen molar-refractivity contribution in [3.63, 3.8) is 0 Å². The molecule has 6 rings (SSSR count). The number of anilines is 1. The van der Waals surface area contributed by atoms with Crippen molar-refractivity contribution in [2.75, 3.05) is 5.32 Å². The number of nitrogens with zero attached hydrogens (tertiary/aromatic N) is 8. The van der Waals surface area contributed by atoms with Crippen LogP contribution in [-0.4, -0.2) is 64.3 Å². The van der Waals surface area contributed by atoms with Crippen molar-refractivity contribution in [2.24, 2.45) is 11.3 Å². The quantitative estimate of drug-likeness (QED) is 0.232. The van der Waals surface area contributed by atoms with Crippen LogP contribution in [0.3, 0.4) is 0 Å². The van der Waals surface area contributed by atoms with Crippen LogP contribution in [0.1, 0.15) is 48.6 Å². The Balaban J connectivity index is 1.33. The van der Waals surface area contributed by atoms with E-state index in [-0.39, 0.29) is 48.2 Å². The van der Waals surface area contributed by atoms with Gasteiger partial charge in [0.15, 0.2) is 5.78 Å². The second-order valence-electron chi connectivity index (χ2n) is 11.3. The highest BCUT2D eigenvalue weighted by atomic mass is 79.9. The van der Waals surface area contributed by atoms with Crippen LogP contribution in [0.25, 0.3) is 22.2 Å². The molecule has 43 heavy (non-hydrogen) atoms. The van der Waals surface area contributed by atoms with Gasteiger partial charge in [-0.3, -0.25) is 24.0 Å². The molecule has 5 heterocycles. The molecule has 1 saturated heterocycles. The second kappa shape index (κ2) is 10.6. The van der Waals surface area contributed by atoms with Gasteiger partial charge in [0.05, 0.1) is 23.5 Å². The number of pyridine rings is 2. The van der Waals surface area contributed by atoms with E-state index in [1.807, 2.05) is 19.9 Å². The molecule has 2 unspecified atom stereocenters. The number of Topliss-reactive ketones (excluding diaryl/α,β-unsaturated/α-hetero) is 1. The molecule has 0 aromatic carbocycles. The highest BCUT2D eigenvalue weighted by Gasteiger charge is 2.72. The molecule has 0 spiro atoms. The molecule has 1 saturated carbocycles. The summed E-state index contributed by atoms with van der Waals surface area (Å²) in [4.78, 5) is 59.2. The number of aryl methyl sites for hydroxylation is 2. The first-order chi connectivity index (χ1) is 20.5. The van der Waals surface area contributed by atoms with Crippen LogP contribution >= 0.6 is 15.9 Å². The number of ketones is 1. The van der Waals surface area contributed by atoms with Crippen LogP contribution in [0.5, 0.6) is 0 Å². The summed E-state index contributed by atoms with van der Waals surface area (Å²) in [5, 5.41) is 17.5. The van der Waals surface area contributed by atoms with Gasteiger partial charge in [0.25, 0.3) is 0 Å². The van der Waals surface area contributed by atoms with E-state index in [9.17, 15) is 19.6 Å². The zero-order valence-electron chi connectivity index (χ0n) is 24.0. The van der Waals surface area contributed by atoms with Gasteiger partial charge < -0.3 is 10.2 Å². The summed E-state index contributed by atoms with van der Waals surface area (Å²) in [7, 11) is 0. The van der Waals surface area contributed by atoms with E-state index >= 15 is 0 Å². The fourth-order valence-corrected chi connectivity index (χ4v) is 6.67. The summed E-state index contributed by atoms with van der Waals surface area (Å²) in [6.45, 7) is 6.85. The van der Waals surface area contributed by atoms with Crippen molar-refractivity contribution in [2.45, 2.75) is 59.2 Å². The second-order valence-corrected chi connectivity index (χ2v) is 12.1. The van der Waals surface area contributed by atoms with E-state index in [4.69, 9.17) is 0 Å². The predicted molar refractivity (Wildman–Crippen MR) is 159 cm³/mol. The normalized spacial score (nSPS) is 22.2. The summed E-state index contributed by atoms with van der Waals surface area (Å²) < 4.78 is 2.03. The maximum absolute atomic E-state index is 14.0. The molecule has 4 aromatic heterocycles. The average molecular weight is 643 g/mol. The molecular weight excluding hydrogens is 614 g/mol. The van der Waals surface area contributed by atoms with Gasteiger partial charge >= 0.3 is 0 Å². The molecule has 0 radical (unpaired) electrons. The van der Waals surface area contributed by atoms with Crippen LogP contribution in [0, 0.1) is 36.5 Å². The zero-order chi connectivity index (χ0) is 30.6. The molecule has 218 valence electrons. The lowest BCUT2D eigenvalue weighted by atomic mass is 9.93. The molecule has 0 bridgehead atoms. The largest absolute Gasteiger partial charge is 0.325 e. The van der Waals surface area contributed by atoms with Gasteiger partial charge in [-0.2, -0.15) is 10.4 Å². The summed E-state index contributed by atoms with van der Waals surface area (Å²) in [6.07, 6.45) is 5.51. The van der Waals surface area contributed by atoms with Crippen molar-refractivity contribution >= 4 is 50.2 Å². The average Bonchev–Trinajstić information content (AvgIpc) is 3.25. The van der Waals surface area contributed by atoms with Crippen molar-refractivity contribution in [3.8, 4) is 17.3 Å². The lowest BCUT2D eigenvalue weighted by Crippen LogP contribution is -2.47. The van der Waals surface area contributed by atoms with Gasteiger partial charge in [0.1, 0.15) is 34.5 Å². The van der Waals surface area contributed by atoms with Crippen LogP contribution in [0.2, 0.25) is 0 Å². The summed E-state index contributed by atoms with van der Waals surface area (Å²) >= 11 is 3.34. The van der Waals surface area contributed by atoms with Crippen molar-refractivity contribution < 1.29 is 14.4 Å². The molecule has 4 atom stereocenters. The van der Waals surface area contributed by atoms with E-state index in [1.54, 1.807) is 42.5 Å². The molecule has 12 nitrogen and oxygen atoms in total. The molecule has 1 N–H and O–H groups in total. The fraction of sp³-hybridized carbons (Fsp3) is 0.367. The minimum atomic E-state index is -0.789. The number of hydrogen-bond acceptors (Lipinski definition) is 9. The number of nitrogens with one attached hydrogen (secondary N) is 1. The van der Waals surface area contributed by atoms with E-state index in [1.165, 1.54) is 11.6 Å². The van der Waals surface area contributed by atoms with E-state index in [2.05, 4.69) is 52.4 Å². The molecule has 13 heteroatoms. The highest BCUT2D eigenvalue weighted by molar-refractivity contribution is 9.10. The SMILES string of the molecule is CC(=O)c1nn(CC(=O)N2C3C(C)[C@@]3(CC#N)C[C@@H]2C(=O)Nc2nc(Br)ccc2C)c2cnc(-c3cnc(C)nc3)cc12. The smallest absolute Gasteiger partial charge is 0.248 e. The topological polar surface area (TPSA) is 160 Å². The third-order valence-corrected chi connectivity index (χ3v) is 9.15. The van der Waals surface area contributed by atoms with Gasteiger partial charge in [0, 0.05) is 48.1 Å². The molecule has 1 aliphatic heterocycles. The molecule has 1 aliphatic carbocycles. The standard InChI is InChI=1S/C30H28BrN9O3/c1-15-5-6-24(31)36-28(15)37-29(43)22-10-30(7-8-32)16(2)27(30)40(22)25(42)14-39-23-13-35-21(19-11-33-18(4)34-12-19)9-20(23)26(38-39)17(3)41/h5-6,9,11-13,16,22,27H,7,10,14H2,1-4H3,(H,36,37,43)/t16?,22-,27?,30-/m1/s1. The third-order valence-electron chi connectivity index (χ3n) is 8.70. The monoisotopic (exact) mass is 641 g/mol. The number of piperidine rings is 1. The third kappa shape index (κ3) is 4.85. The van der Waals surface area contributed by atoms with Crippen LogP contribution in [0.15, 0.2) is 41.4 Å². The number of carbonyl (C=O) groups is 3. The minimum Gasteiger partial charge on any atom is -0.325 e. The lowest BCUT2D eigenvalue weighted by molar-refractivity contribution is -0.138. The van der Waals surface area contributed by atoms with E-state index in [0.717, 1.165) is 5.56 Å². The molecule has 2 fully saturated rings.